The summed E-state index contributed by atoms with van der Waals surface area (Å²) in [6.07, 6.45) is 0.147. The lowest BCUT2D eigenvalue weighted by atomic mass is 9.99. The number of nitrogens with two attached hydrogens (primary N) is 1. The SMILES string of the molecule is CC(C)(C)OC(=O)N1C2CCC1CN(c1nc(F)nc3c(F)c(-c4cccc5ccc(N)nc45)c(Cl)cc13)C2. The molecule has 2 aliphatic heterocycles. The van der Waals surface area contributed by atoms with Gasteiger partial charge in [-0.05, 0) is 51.8 Å². The molecule has 6 rings (SSSR count). The number of para-hydroxylation sites is 1. The van der Waals surface area contributed by atoms with Crippen LogP contribution in [0.2, 0.25) is 5.02 Å². The summed E-state index contributed by atoms with van der Waals surface area (Å²) in [4.78, 5) is 28.8. The van der Waals surface area contributed by atoms with E-state index in [-0.39, 0.29) is 45.9 Å². The van der Waals surface area contributed by atoms with Crippen LogP contribution in [0.4, 0.5) is 25.2 Å². The van der Waals surface area contributed by atoms with Crippen molar-refractivity contribution in [3.63, 3.8) is 0 Å². The van der Waals surface area contributed by atoms with E-state index in [0.29, 0.717) is 29.6 Å². The maximum atomic E-state index is 16.2. The molecule has 2 aromatic carbocycles. The molecular formula is C28H27ClF2N6O2. The van der Waals surface area contributed by atoms with E-state index >= 15 is 4.39 Å². The Kier molecular flexibility index (Phi) is 5.98. The number of piperazine rings is 1. The first kappa shape index (κ1) is 25.5. The van der Waals surface area contributed by atoms with Crippen LogP contribution in [0.3, 0.4) is 0 Å². The second-order valence-electron chi connectivity index (χ2n) is 11.1. The number of benzene rings is 2. The van der Waals surface area contributed by atoms with Crippen LogP contribution < -0.4 is 10.6 Å². The maximum absolute atomic E-state index is 16.2. The van der Waals surface area contributed by atoms with Gasteiger partial charge in [0.2, 0.25) is 0 Å². The van der Waals surface area contributed by atoms with Gasteiger partial charge in [0.25, 0.3) is 0 Å². The van der Waals surface area contributed by atoms with Gasteiger partial charge < -0.3 is 15.4 Å². The van der Waals surface area contributed by atoms with Gasteiger partial charge in [0, 0.05) is 35.0 Å². The number of amides is 1. The first-order valence-electron chi connectivity index (χ1n) is 12.8. The average molecular weight is 553 g/mol. The van der Waals surface area contributed by atoms with Crippen LogP contribution in [-0.2, 0) is 4.74 Å². The molecule has 4 aromatic rings. The minimum absolute atomic E-state index is 0.0618. The van der Waals surface area contributed by atoms with Crippen LogP contribution >= 0.6 is 11.6 Å². The van der Waals surface area contributed by atoms with Gasteiger partial charge in [-0.2, -0.15) is 14.4 Å². The van der Waals surface area contributed by atoms with Crippen LogP contribution in [0.5, 0.6) is 0 Å². The molecule has 4 heterocycles. The molecule has 202 valence electrons. The van der Waals surface area contributed by atoms with Gasteiger partial charge in [-0.1, -0.05) is 29.8 Å². The number of pyridine rings is 1. The van der Waals surface area contributed by atoms with Gasteiger partial charge >= 0.3 is 12.2 Å². The molecule has 2 saturated heterocycles. The molecule has 2 bridgehead atoms. The van der Waals surface area contributed by atoms with E-state index in [1.54, 1.807) is 35.2 Å². The first-order valence-corrected chi connectivity index (χ1v) is 13.1. The van der Waals surface area contributed by atoms with Crippen molar-refractivity contribution >= 4 is 51.1 Å². The predicted octanol–water partition coefficient (Wildman–Crippen LogP) is 5.95. The van der Waals surface area contributed by atoms with E-state index in [1.807, 2.05) is 31.7 Å². The van der Waals surface area contributed by atoms with Crippen LogP contribution in [-0.4, -0.2) is 56.7 Å². The number of fused-ring (bicyclic) bond motifs is 4. The van der Waals surface area contributed by atoms with Gasteiger partial charge in [-0.3, -0.25) is 4.90 Å². The van der Waals surface area contributed by atoms with Crippen LogP contribution in [0.15, 0.2) is 36.4 Å². The molecule has 1 amide bonds. The number of hydrogen-bond donors (Lipinski definition) is 1. The van der Waals surface area contributed by atoms with Gasteiger partial charge in [-0.15, -0.1) is 0 Å². The molecule has 0 saturated carbocycles. The first-order chi connectivity index (χ1) is 18.5. The summed E-state index contributed by atoms with van der Waals surface area (Å²) in [5, 5.41) is 1.16. The van der Waals surface area contributed by atoms with Crippen molar-refractivity contribution in [3.05, 3.63) is 53.3 Å². The Morgan fingerprint density at radius 2 is 1.77 bits per heavy atom. The van der Waals surface area contributed by atoms with Gasteiger partial charge in [0.05, 0.1) is 22.6 Å². The number of carbonyl (C=O) groups excluding carboxylic acids is 1. The minimum Gasteiger partial charge on any atom is -0.444 e. The number of aromatic nitrogens is 3. The largest absolute Gasteiger partial charge is 0.444 e. The smallest absolute Gasteiger partial charge is 0.410 e. The van der Waals surface area contributed by atoms with Crippen molar-refractivity contribution in [1.82, 2.24) is 19.9 Å². The van der Waals surface area contributed by atoms with E-state index in [2.05, 4.69) is 15.0 Å². The molecule has 2 unspecified atom stereocenters. The molecule has 2 fully saturated rings. The summed E-state index contributed by atoms with van der Waals surface area (Å²) in [6.45, 7) is 6.28. The van der Waals surface area contributed by atoms with Crippen LogP contribution in [0.1, 0.15) is 33.6 Å². The van der Waals surface area contributed by atoms with Gasteiger partial charge in [0.15, 0.2) is 5.82 Å². The molecule has 8 nitrogen and oxygen atoms in total. The van der Waals surface area contributed by atoms with Crippen molar-refractivity contribution in [2.45, 2.75) is 51.3 Å². The Morgan fingerprint density at radius 3 is 2.46 bits per heavy atom. The standard InChI is InChI=1S/C28H27ClF2N6O2/c1-28(2,3)39-27(38)37-15-8-9-16(37)13-36(12-15)25-18-11-19(29)21(22(30)24(18)34-26(31)35-25)17-6-4-5-14-7-10-20(32)33-23(14)17/h4-7,10-11,15-16H,8-9,12-13H2,1-3H3,(H2,32,33). The Labute approximate surface area is 228 Å². The minimum atomic E-state index is -1.05. The fourth-order valence-electron chi connectivity index (χ4n) is 5.69. The lowest BCUT2D eigenvalue weighted by Crippen LogP contribution is -2.57. The zero-order valence-electron chi connectivity index (χ0n) is 21.7. The van der Waals surface area contributed by atoms with Crippen molar-refractivity contribution in [2.75, 3.05) is 23.7 Å². The highest BCUT2D eigenvalue weighted by Crippen LogP contribution is 2.41. The number of carbonyl (C=O) groups is 1. The monoisotopic (exact) mass is 552 g/mol. The fraction of sp³-hybridized carbons (Fsp3) is 0.357. The summed E-state index contributed by atoms with van der Waals surface area (Å²) in [5.74, 6) is -0.249. The third-order valence-electron chi connectivity index (χ3n) is 7.23. The average Bonchev–Trinajstić information content (AvgIpc) is 3.13. The molecule has 11 heteroatoms. The number of hydrogen-bond acceptors (Lipinski definition) is 7. The van der Waals surface area contributed by atoms with E-state index < -0.39 is 17.5 Å². The van der Waals surface area contributed by atoms with Crippen LogP contribution in [0.25, 0.3) is 32.9 Å². The molecule has 2 N–H and O–H groups in total. The number of nitrogens with zero attached hydrogens (tertiary/aromatic N) is 5. The lowest BCUT2D eigenvalue weighted by Gasteiger charge is -2.42. The van der Waals surface area contributed by atoms with Gasteiger partial charge in [0.1, 0.15) is 22.8 Å². The number of nitrogen functional groups attached to an aromatic ring is 1. The molecule has 0 aliphatic carbocycles. The third kappa shape index (κ3) is 4.46. The summed E-state index contributed by atoms with van der Waals surface area (Å²) in [7, 11) is 0. The highest BCUT2D eigenvalue weighted by Gasteiger charge is 2.45. The normalized spacial score (nSPS) is 19.2. The topological polar surface area (TPSA) is 97.5 Å². The zero-order valence-corrected chi connectivity index (χ0v) is 22.5. The van der Waals surface area contributed by atoms with E-state index in [1.165, 1.54) is 0 Å². The second kappa shape index (κ2) is 9.15. The lowest BCUT2D eigenvalue weighted by molar-refractivity contribution is 0.0123. The molecule has 39 heavy (non-hydrogen) atoms. The highest BCUT2D eigenvalue weighted by atomic mass is 35.5. The summed E-state index contributed by atoms with van der Waals surface area (Å²) >= 11 is 6.69. The summed E-state index contributed by atoms with van der Waals surface area (Å²) in [5.41, 5.74) is 6.07. The quantitative estimate of drug-likeness (QED) is 0.307. The Morgan fingerprint density at radius 1 is 1.05 bits per heavy atom. The third-order valence-corrected chi connectivity index (χ3v) is 7.53. The number of anilines is 2. The highest BCUT2D eigenvalue weighted by molar-refractivity contribution is 6.35. The number of rotatable bonds is 2. The predicted molar refractivity (Wildman–Crippen MR) is 147 cm³/mol. The molecule has 2 aromatic heterocycles. The Hall–Kier alpha value is -3.79. The van der Waals surface area contributed by atoms with Crippen molar-refractivity contribution in [3.8, 4) is 11.1 Å². The van der Waals surface area contributed by atoms with Crippen molar-refractivity contribution < 1.29 is 18.3 Å². The molecule has 0 spiro atoms. The van der Waals surface area contributed by atoms with E-state index in [0.717, 1.165) is 18.2 Å². The molecule has 2 atom stereocenters. The fourth-order valence-corrected chi connectivity index (χ4v) is 5.99. The van der Waals surface area contributed by atoms with Crippen molar-refractivity contribution in [2.24, 2.45) is 0 Å². The molecular weight excluding hydrogens is 526 g/mol. The maximum Gasteiger partial charge on any atom is 0.410 e. The number of ether oxygens (including phenoxy) is 1. The number of halogens is 3. The molecule has 2 aliphatic rings. The second-order valence-corrected chi connectivity index (χ2v) is 11.5. The van der Waals surface area contributed by atoms with E-state index in [9.17, 15) is 9.18 Å². The summed E-state index contributed by atoms with van der Waals surface area (Å²) < 4.78 is 36.6. The molecule has 0 radical (unpaired) electrons. The van der Waals surface area contributed by atoms with Crippen LogP contribution in [0, 0.1) is 11.9 Å². The van der Waals surface area contributed by atoms with E-state index in [4.69, 9.17) is 22.1 Å². The summed E-state index contributed by atoms with van der Waals surface area (Å²) in [6, 6.07) is 10.0. The Balaban J connectivity index is 1.42. The Bertz CT molecular complexity index is 1630. The van der Waals surface area contributed by atoms with Crippen molar-refractivity contribution in [1.29, 1.82) is 0 Å². The zero-order chi connectivity index (χ0) is 27.6. The van der Waals surface area contributed by atoms with Gasteiger partial charge in [-0.25, -0.2) is 14.2 Å².